The highest BCUT2D eigenvalue weighted by Gasteiger charge is 2.32. The van der Waals surface area contributed by atoms with Gasteiger partial charge in [-0.25, -0.2) is 8.42 Å². The van der Waals surface area contributed by atoms with Crippen LogP contribution in [0.1, 0.15) is 25.0 Å². The SMILES string of the molecule is CCNC(=O)[C@@H](C)N(Cc1ccc(C)cc1)C(=O)CN(c1cccc(OC)c1)S(=O)(=O)c1ccccc1. The van der Waals surface area contributed by atoms with Crippen molar-refractivity contribution in [2.75, 3.05) is 24.5 Å². The lowest BCUT2D eigenvalue weighted by Gasteiger charge is -2.32. The summed E-state index contributed by atoms with van der Waals surface area (Å²) in [5.74, 6) is -0.381. The molecule has 9 heteroatoms. The quantitative estimate of drug-likeness (QED) is 0.413. The molecular formula is C28H33N3O5S. The molecule has 0 spiro atoms. The van der Waals surface area contributed by atoms with Gasteiger partial charge in [-0.1, -0.05) is 54.1 Å². The number of likely N-dealkylation sites (N-methyl/N-ethyl adjacent to an activating group) is 1. The van der Waals surface area contributed by atoms with E-state index < -0.39 is 28.5 Å². The smallest absolute Gasteiger partial charge is 0.264 e. The van der Waals surface area contributed by atoms with E-state index in [1.807, 2.05) is 31.2 Å². The number of nitrogens with zero attached hydrogens (tertiary/aromatic N) is 2. The Kier molecular flexibility index (Phi) is 9.30. The van der Waals surface area contributed by atoms with Crippen molar-refractivity contribution in [3.63, 3.8) is 0 Å². The molecule has 37 heavy (non-hydrogen) atoms. The molecule has 0 saturated carbocycles. The predicted octanol–water partition coefficient (Wildman–Crippen LogP) is 3.75. The summed E-state index contributed by atoms with van der Waals surface area (Å²) in [6.45, 7) is 5.46. The minimum atomic E-state index is -4.11. The van der Waals surface area contributed by atoms with Gasteiger partial charge in [-0.15, -0.1) is 0 Å². The van der Waals surface area contributed by atoms with Gasteiger partial charge in [0.25, 0.3) is 10.0 Å². The van der Waals surface area contributed by atoms with Crippen molar-refractivity contribution >= 4 is 27.5 Å². The molecule has 0 saturated heterocycles. The summed E-state index contributed by atoms with van der Waals surface area (Å²) in [5.41, 5.74) is 2.17. The fraction of sp³-hybridized carbons (Fsp3) is 0.286. The van der Waals surface area contributed by atoms with Crippen LogP contribution in [0.15, 0.2) is 83.8 Å². The van der Waals surface area contributed by atoms with E-state index in [1.165, 1.54) is 24.1 Å². The van der Waals surface area contributed by atoms with Gasteiger partial charge in [0.1, 0.15) is 18.3 Å². The first kappa shape index (κ1) is 27.7. The summed E-state index contributed by atoms with van der Waals surface area (Å²) >= 11 is 0. The van der Waals surface area contributed by atoms with E-state index in [0.717, 1.165) is 15.4 Å². The summed E-state index contributed by atoms with van der Waals surface area (Å²) in [5, 5.41) is 2.75. The molecule has 0 heterocycles. The molecular weight excluding hydrogens is 490 g/mol. The average Bonchev–Trinajstić information content (AvgIpc) is 2.91. The third kappa shape index (κ3) is 6.89. The Balaban J connectivity index is 2.03. The van der Waals surface area contributed by atoms with Gasteiger partial charge in [-0.2, -0.15) is 0 Å². The summed E-state index contributed by atoms with van der Waals surface area (Å²) in [4.78, 5) is 28.0. The lowest BCUT2D eigenvalue weighted by atomic mass is 10.1. The van der Waals surface area contributed by atoms with Crippen molar-refractivity contribution in [2.45, 2.75) is 38.3 Å². The maximum Gasteiger partial charge on any atom is 0.264 e. The molecule has 0 unspecified atom stereocenters. The van der Waals surface area contributed by atoms with Crippen LogP contribution >= 0.6 is 0 Å². The zero-order valence-corrected chi connectivity index (χ0v) is 22.4. The molecule has 0 radical (unpaired) electrons. The summed E-state index contributed by atoms with van der Waals surface area (Å²) < 4.78 is 33.8. The number of benzene rings is 3. The van der Waals surface area contributed by atoms with Crippen molar-refractivity contribution in [2.24, 2.45) is 0 Å². The number of hydrogen-bond acceptors (Lipinski definition) is 5. The molecule has 0 bridgehead atoms. The number of methoxy groups -OCH3 is 1. The van der Waals surface area contributed by atoms with E-state index in [2.05, 4.69) is 5.32 Å². The number of ether oxygens (including phenoxy) is 1. The predicted molar refractivity (Wildman–Crippen MR) is 144 cm³/mol. The second-order valence-corrected chi connectivity index (χ2v) is 10.5. The number of sulfonamides is 1. The van der Waals surface area contributed by atoms with Gasteiger partial charge in [0.15, 0.2) is 0 Å². The van der Waals surface area contributed by atoms with E-state index in [-0.39, 0.29) is 23.0 Å². The zero-order chi connectivity index (χ0) is 27.0. The second kappa shape index (κ2) is 12.4. The van der Waals surface area contributed by atoms with Crippen LogP contribution in [0.25, 0.3) is 0 Å². The molecule has 1 N–H and O–H groups in total. The van der Waals surface area contributed by atoms with Crippen LogP contribution in [-0.2, 0) is 26.2 Å². The van der Waals surface area contributed by atoms with Crippen LogP contribution in [0.3, 0.4) is 0 Å². The van der Waals surface area contributed by atoms with Crippen LogP contribution in [0.2, 0.25) is 0 Å². The van der Waals surface area contributed by atoms with Crippen LogP contribution in [-0.4, -0.2) is 51.4 Å². The largest absolute Gasteiger partial charge is 0.497 e. The highest BCUT2D eigenvalue weighted by Crippen LogP contribution is 2.27. The lowest BCUT2D eigenvalue weighted by Crippen LogP contribution is -2.51. The first-order valence-corrected chi connectivity index (χ1v) is 13.5. The normalized spacial score (nSPS) is 11.9. The van der Waals surface area contributed by atoms with Gasteiger partial charge >= 0.3 is 0 Å². The van der Waals surface area contributed by atoms with Gasteiger partial charge in [-0.05, 0) is 50.6 Å². The minimum Gasteiger partial charge on any atom is -0.497 e. The van der Waals surface area contributed by atoms with E-state index in [1.54, 1.807) is 56.3 Å². The average molecular weight is 524 g/mol. The number of anilines is 1. The highest BCUT2D eigenvalue weighted by atomic mass is 32.2. The Hall–Kier alpha value is -3.85. The van der Waals surface area contributed by atoms with Gasteiger partial charge in [0.2, 0.25) is 11.8 Å². The van der Waals surface area contributed by atoms with Crippen molar-refractivity contribution < 1.29 is 22.7 Å². The Labute approximate surface area is 218 Å². The molecule has 8 nitrogen and oxygen atoms in total. The molecule has 0 aromatic heterocycles. The second-order valence-electron chi connectivity index (χ2n) is 8.60. The standard InChI is InChI=1S/C28H33N3O5S/c1-5-29-28(33)22(3)30(19-23-16-14-21(2)15-17-23)27(32)20-31(24-10-9-11-25(18-24)36-4)37(34,35)26-12-7-6-8-13-26/h6-18,22H,5,19-20H2,1-4H3,(H,29,33)/t22-/m1/s1. The van der Waals surface area contributed by atoms with Crippen LogP contribution in [0.4, 0.5) is 5.69 Å². The van der Waals surface area contributed by atoms with Crippen molar-refractivity contribution in [1.29, 1.82) is 0 Å². The molecule has 3 aromatic rings. The number of nitrogens with one attached hydrogen (secondary N) is 1. The Morgan fingerprint density at radius 1 is 0.973 bits per heavy atom. The number of aryl methyl sites for hydroxylation is 1. The third-order valence-electron chi connectivity index (χ3n) is 5.94. The molecule has 3 aromatic carbocycles. The van der Waals surface area contributed by atoms with Crippen molar-refractivity contribution in [1.82, 2.24) is 10.2 Å². The molecule has 1 atom stereocenters. The van der Waals surface area contributed by atoms with E-state index in [9.17, 15) is 18.0 Å². The zero-order valence-electron chi connectivity index (χ0n) is 21.5. The fourth-order valence-electron chi connectivity index (χ4n) is 3.81. The Morgan fingerprint density at radius 2 is 1.65 bits per heavy atom. The van der Waals surface area contributed by atoms with E-state index in [0.29, 0.717) is 12.3 Å². The molecule has 0 aliphatic rings. The van der Waals surface area contributed by atoms with Gasteiger partial charge < -0.3 is 15.0 Å². The van der Waals surface area contributed by atoms with Crippen LogP contribution < -0.4 is 14.4 Å². The Morgan fingerprint density at radius 3 is 2.27 bits per heavy atom. The van der Waals surface area contributed by atoms with Crippen LogP contribution in [0.5, 0.6) is 5.75 Å². The number of amides is 2. The molecule has 0 fully saturated rings. The number of carbonyl (C=O) groups excluding carboxylic acids is 2. The number of rotatable bonds is 11. The molecule has 2 amide bonds. The first-order valence-electron chi connectivity index (χ1n) is 12.0. The summed E-state index contributed by atoms with van der Waals surface area (Å²) in [6, 6.07) is 21.3. The number of carbonyl (C=O) groups is 2. The Bertz CT molecular complexity index is 1310. The monoisotopic (exact) mass is 523 g/mol. The first-order chi connectivity index (χ1) is 17.7. The maximum atomic E-state index is 13.8. The molecule has 3 rings (SSSR count). The maximum absolute atomic E-state index is 13.8. The number of hydrogen-bond donors (Lipinski definition) is 1. The molecule has 0 aliphatic heterocycles. The van der Waals surface area contributed by atoms with Crippen molar-refractivity contribution in [3.05, 3.63) is 90.0 Å². The minimum absolute atomic E-state index is 0.0486. The van der Waals surface area contributed by atoms with Crippen molar-refractivity contribution in [3.8, 4) is 5.75 Å². The lowest BCUT2D eigenvalue weighted by molar-refractivity contribution is -0.139. The third-order valence-corrected chi connectivity index (χ3v) is 7.73. The van der Waals surface area contributed by atoms with Gasteiger partial charge in [0.05, 0.1) is 17.7 Å². The van der Waals surface area contributed by atoms with Crippen LogP contribution in [0, 0.1) is 6.92 Å². The molecule has 196 valence electrons. The van der Waals surface area contributed by atoms with E-state index >= 15 is 0 Å². The topological polar surface area (TPSA) is 96.0 Å². The molecule has 0 aliphatic carbocycles. The van der Waals surface area contributed by atoms with E-state index in [4.69, 9.17) is 4.74 Å². The fourth-order valence-corrected chi connectivity index (χ4v) is 5.24. The summed E-state index contributed by atoms with van der Waals surface area (Å²) in [7, 11) is -2.63. The van der Waals surface area contributed by atoms with Gasteiger partial charge in [-0.3, -0.25) is 13.9 Å². The van der Waals surface area contributed by atoms with Gasteiger partial charge in [0, 0.05) is 19.2 Å². The summed E-state index contributed by atoms with van der Waals surface area (Å²) in [6.07, 6.45) is 0. The highest BCUT2D eigenvalue weighted by molar-refractivity contribution is 7.92.